The number of anilines is 1. The zero-order valence-corrected chi connectivity index (χ0v) is 16.4. The molecule has 0 spiro atoms. The normalized spacial score (nSPS) is 14.8. The van der Waals surface area contributed by atoms with Crippen LogP contribution in [-0.2, 0) is 14.4 Å². The van der Waals surface area contributed by atoms with E-state index in [1.165, 1.54) is 17.2 Å². The molecule has 0 aliphatic carbocycles. The first-order valence-electron chi connectivity index (χ1n) is 9.58. The van der Waals surface area contributed by atoms with E-state index in [0.717, 1.165) is 5.56 Å². The second kappa shape index (κ2) is 8.92. The Balaban J connectivity index is 1.55. The summed E-state index contributed by atoms with van der Waals surface area (Å²) in [6.07, 6.45) is 4.39. The summed E-state index contributed by atoms with van der Waals surface area (Å²) in [6.45, 7) is 0. The van der Waals surface area contributed by atoms with Gasteiger partial charge in [0.2, 0.25) is 0 Å². The predicted octanol–water partition coefficient (Wildman–Crippen LogP) is 3.77. The maximum absolute atomic E-state index is 12.8. The van der Waals surface area contributed by atoms with Crippen molar-refractivity contribution in [3.63, 3.8) is 0 Å². The van der Waals surface area contributed by atoms with Crippen LogP contribution in [0, 0.1) is 0 Å². The van der Waals surface area contributed by atoms with Crippen LogP contribution in [-0.4, -0.2) is 17.8 Å². The molecule has 1 fully saturated rings. The minimum atomic E-state index is -0.567. The average Bonchev–Trinajstić information content (AvgIpc) is 3.08. The Hall–Kier alpha value is -4.45. The SMILES string of the molecule is O=C(/C=C/c1ccccc1)Oc1ccccc1/C=C1\C(=O)NN(c2ccccc2)C1=O. The van der Waals surface area contributed by atoms with E-state index < -0.39 is 17.8 Å². The van der Waals surface area contributed by atoms with E-state index in [9.17, 15) is 14.4 Å². The molecule has 1 N–H and O–H groups in total. The fraction of sp³-hybridized carbons (Fsp3) is 0. The van der Waals surface area contributed by atoms with E-state index in [2.05, 4.69) is 5.43 Å². The Bertz CT molecular complexity index is 1180. The monoisotopic (exact) mass is 410 g/mol. The average molecular weight is 410 g/mol. The van der Waals surface area contributed by atoms with Crippen molar-refractivity contribution >= 4 is 35.6 Å². The quantitative estimate of drug-likeness (QED) is 0.301. The number of hydrazine groups is 1. The Kier molecular flexibility index (Phi) is 5.71. The molecule has 31 heavy (non-hydrogen) atoms. The molecule has 6 nitrogen and oxygen atoms in total. The van der Waals surface area contributed by atoms with Gasteiger partial charge in [0.1, 0.15) is 11.3 Å². The summed E-state index contributed by atoms with van der Waals surface area (Å²) in [5.41, 5.74) is 4.36. The molecule has 1 heterocycles. The first-order chi connectivity index (χ1) is 15.1. The maximum Gasteiger partial charge on any atom is 0.336 e. The second-order valence-electron chi connectivity index (χ2n) is 6.68. The molecule has 3 aromatic carbocycles. The van der Waals surface area contributed by atoms with Crippen molar-refractivity contribution in [3.8, 4) is 5.75 Å². The molecule has 4 rings (SSSR count). The molecule has 0 radical (unpaired) electrons. The van der Waals surface area contributed by atoms with Crippen molar-refractivity contribution in [3.05, 3.63) is 108 Å². The largest absolute Gasteiger partial charge is 0.423 e. The van der Waals surface area contributed by atoms with Crippen molar-refractivity contribution in [2.75, 3.05) is 5.01 Å². The molecule has 3 aromatic rings. The number of rotatable bonds is 5. The van der Waals surface area contributed by atoms with E-state index in [4.69, 9.17) is 4.74 Å². The van der Waals surface area contributed by atoms with Gasteiger partial charge in [-0.05, 0) is 35.9 Å². The Labute approximate surface area is 179 Å². The molecule has 0 bridgehead atoms. The third-order valence-electron chi connectivity index (χ3n) is 4.55. The molecule has 6 heteroatoms. The zero-order chi connectivity index (χ0) is 21.6. The Morgan fingerprint density at radius 3 is 2.23 bits per heavy atom. The smallest absolute Gasteiger partial charge is 0.336 e. The number of esters is 1. The lowest BCUT2D eigenvalue weighted by Crippen LogP contribution is -2.35. The zero-order valence-electron chi connectivity index (χ0n) is 16.4. The summed E-state index contributed by atoms with van der Waals surface area (Å²) < 4.78 is 5.43. The van der Waals surface area contributed by atoms with E-state index in [0.29, 0.717) is 11.3 Å². The van der Waals surface area contributed by atoms with Gasteiger partial charge in [-0.1, -0.05) is 66.7 Å². The minimum Gasteiger partial charge on any atom is -0.423 e. The number of carbonyl (C=O) groups is 3. The highest BCUT2D eigenvalue weighted by Gasteiger charge is 2.34. The van der Waals surface area contributed by atoms with Gasteiger partial charge in [0.05, 0.1) is 5.69 Å². The number of ether oxygens (including phenoxy) is 1. The standard InChI is InChI=1S/C25H18N2O4/c28-23(16-15-18-9-3-1-4-10-18)31-22-14-8-7-11-19(22)17-21-24(29)26-27(25(21)30)20-12-5-2-6-13-20/h1-17H,(H,26,29)/b16-15+,21-17+. The first kappa shape index (κ1) is 19.8. The number of hydrogen-bond acceptors (Lipinski definition) is 4. The molecule has 0 aromatic heterocycles. The first-order valence-corrected chi connectivity index (χ1v) is 9.58. The van der Waals surface area contributed by atoms with Gasteiger partial charge in [0.15, 0.2) is 0 Å². The molecule has 0 saturated carbocycles. The summed E-state index contributed by atoms with van der Waals surface area (Å²) in [5, 5.41) is 1.19. The van der Waals surface area contributed by atoms with Crippen molar-refractivity contribution < 1.29 is 19.1 Å². The van der Waals surface area contributed by atoms with Crippen molar-refractivity contribution in [1.29, 1.82) is 0 Å². The summed E-state index contributed by atoms with van der Waals surface area (Å²) >= 11 is 0. The highest BCUT2D eigenvalue weighted by atomic mass is 16.5. The van der Waals surface area contributed by atoms with E-state index in [-0.39, 0.29) is 11.3 Å². The van der Waals surface area contributed by atoms with Gasteiger partial charge in [-0.25, -0.2) is 9.80 Å². The van der Waals surface area contributed by atoms with Gasteiger partial charge in [-0.2, -0.15) is 0 Å². The van der Waals surface area contributed by atoms with Crippen LogP contribution in [0.15, 0.2) is 96.6 Å². The van der Waals surface area contributed by atoms with Crippen molar-refractivity contribution in [1.82, 2.24) is 5.43 Å². The predicted molar refractivity (Wildman–Crippen MR) is 118 cm³/mol. The Morgan fingerprint density at radius 1 is 0.839 bits per heavy atom. The van der Waals surface area contributed by atoms with Crippen LogP contribution in [0.4, 0.5) is 5.69 Å². The number of amides is 2. The lowest BCUT2D eigenvalue weighted by atomic mass is 10.1. The van der Waals surface area contributed by atoms with Gasteiger partial charge in [-0.15, -0.1) is 0 Å². The third-order valence-corrected chi connectivity index (χ3v) is 4.55. The lowest BCUT2D eigenvalue weighted by Gasteiger charge is -2.13. The van der Waals surface area contributed by atoms with E-state index in [1.807, 2.05) is 36.4 Å². The van der Waals surface area contributed by atoms with Crippen LogP contribution >= 0.6 is 0 Å². The molecule has 0 atom stereocenters. The fourth-order valence-electron chi connectivity index (χ4n) is 3.04. The molecule has 0 unspecified atom stereocenters. The minimum absolute atomic E-state index is 0.0489. The highest BCUT2D eigenvalue weighted by molar-refractivity contribution is 6.31. The van der Waals surface area contributed by atoms with Crippen LogP contribution < -0.4 is 15.2 Å². The van der Waals surface area contributed by atoms with Crippen LogP contribution in [0.3, 0.4) is 0 Å². The summed E-state index contributed by atoms with van der Waals surface area (Å²) in [5.74, 6) is -1.33. The summed E-state index contributed by atoms with van der Waals surface area (Å²) in [6, 6.07) is 24.9. The number of para-hydroxylation sites is 2. The number of hydrogen-bond donors (Lipinski definition) is 1. The third kappa shape index (κ3) is 4.59. The molecular weight excluding hydrogens is 392 g/mol. The summed E-state index contributed by atoms with van der Waals surface area (Å²) in [7, 11) is 0. The van der Waals surface area contributed by atoms with Crippen LogP contribution in [0.1, 0.15) is 11.1 Å². The molecule has 152 valence electrons. The van der Waals surface area contributed by atoms with E-state index in [1.54, 1.807) is 54.6 Å². The topological polar surface area (TPSA) is 75.7 Å². The van der Waals surface area contributed by atoms with Gasteiger partial charge in [-0.3, -0.25) is 15.0 Å². The van der Waals surface area contributed by atoms with Gasteiger partial charge in [0.25, 0.3) is 11.8 Å². The molecule has 2 amide bonds. The van der Waals surface area contributed by atoms with Gasteiger partial charge < -0.3 is 4.74 Å². The number of carbonyl (C=O) groups excluding carboxylic acids is 3. The number of nitrogens with zero attached hydrogens (tertiary/aromatic N) is 1. The van der Waals surface area contributed by atoms with E-state index >= 15 is 0 Å². The van der Waals surface area contributed by atoms with Crippen LogP contribution in [0.5, 0.6) is 5.75 Å². The number of benzene rings is 3. The lowest BCUT2D eigenvalue weighted by molar-refractivity contribution is -0.129. The fourth-order valence-corrected chi connectivity index (χ4v) is 3.04. The molecule has 1 saturated heterocycles. The molecular formula is C25H18N2O4. The Morgan fingerprint density at radius 2 is 1.48 bits per heavy atom. The second-order valence-corrected chi connectivity index (χ2v) is 6.68. The number of nitrogens with one attached hydrogen (secondary N) is 1. The summed E-state index contributed by atoms with van der Waals surface area (Å²) in [4.78, 5) is 37.4. The van der Waals surface area contributed by atoms with Gasteiger partial charge >= 0.3 is 5.97 Å². The maximum atomic E-state index is 12.8. The molecule has 1 aliphatic rings. The van der Waals surface area contributed by atoms with Crippen molar-refractivity contribution in [2.24, 2.45) is 0 Å². The van der Waals surface area contributed by atoms with Crippen molar-refractivity contribution in [2.45, 2.75) is 0 Å². The van der Waals surface area contributed by atoms with Gasteiger partial charge in [0, 0.05) is 11.6 Å². The highest BCUT2D eigenvalue weighted by Crippen LogP contribution is 2.25. The molecule has 1 aliphatic heterocycles. The van der Waals surface area contributed by atoms with Crippen LogP contribution in [0.25, 0.3) is 12.2 Å². The van der Waals surface area contributed by atoms with Crippen LogP contribution in [0.2, 0.25) is 0 Å².